The van der Waals surface area contributed by atoms with Gasteiger partial charge in [0.25, 0.3) is 0 Å². The van der Waals surface area contributed by atoms with Gasteiger partial charge in [0.2, 0.25) is 10.0 Å². The van der Waals surface area contributed by atoms with Crippen molar-refractivity contribution in [2.45, 2.75) is 4.90 Å². The molecule has 5 nitrogen and oxygen atoms in total. The zero-order valence-electron chi connectivity index (χ0n) is 8.87. The molecule has 6 heteroatoms. The van der Waals surface area contributed by atoms with Gasteiger partial charge in [-0.25, -0.2) is 13.6 Å². The van der Waals surface area contributed by atoms with Crippen molar-refractivity contribution in [2.75, 3.05) is 5.73 Å². The average molecular weight is 249 g/mol. The van der Waals surface area contributed by atoms with Gasteiger partial charge in [0, 0.05) is 11.8 Å². The van der Waals surface area contributed by atoms with Gasteiger partial charge in [-0.2, -0.15) is 0 Å². The molecule has 0 saturated carbocycles. The highest BCUT2D eigenvalue weighted by molar-refractivity contribution is 7.89. The third kappa shape index (κ3) is 2.27. The molecule has 0 atom stereocenters. The number of para-hydroxylation sites is 1. The lowest BCUT2D eigenvalue weighted by molar-refractivity contribution is 0.598. The molecule has 0 radical (unpaired) electrons. The Morgan fingerprint density at radius 3 is 2.41 bits per heavy atom. The summed E-state index contributed by atoms with van der Waals surface area (Å²) >= 11 is 0. The summed E-state index contributed by atoms with van der Waals surface area (Å²) in [5.74, 6) is 0. The minimum Gasteiger partial charge on any atom is -0.397 e. The maximum atomic E-state index is 11.3. The summed E-state index contributed by atoms with van der Waals surface area (Å²) in [6, 6.07) is 9.97. The smallest absolute Gasteiger partial charge is 0.240 e. The van der Waals surface area contributed by atoms with Crippen molar-refractivity contribution in [2.24, 2.45) is 5.14 Å². The van der Waals surface area contributed by atoms with Crippen LogP contribution in [0.4, 0.5) is 5.69 Å². The SMILES string of the molecule is Nc1c(-c2ccccn2)cccc1S(N)(=O)=O. The van der Waals surface area contributed by atoms with Gasteiger partial charge < -0.3 is 5.73 Å². The molecule has 2 rings (SSSR count). The summed E-state index contributed by atoms with van der Waals surface area (Å²) in [6.45, 7) is 0. The van der Waals surface area contributed by atoms with Crippen LogP contribution in [0.5, 0.6) is 0 Å². The Bertz CT molecular complexity index is 639. The lowest BCUT2D eigenvalue weighted by Crippen LogP contribution is -2.14. The minimum absolute atomic E-state index is 0.0827. The van der Waals surface area contributed by atoms with Crippen molar-refractivity contribution in [1.82, 2.24) is 4.98 Å². The number of anilines is 1. The van der Waals surface area contributed by atoms with Crippen LogP contribution in [-0.4, -0.2) is 13.4 Å². The fourth-order valence-electron chi connectivity index (χ4n) is 1.54. The first kappa shape index (κ1) is 11.6. The highest BCUT2D eigenvalue weighted by Crippen LogP contribution is 2.28. The van der Waals surface area contributed by atoms with Crippen molar-refractivity contribution in [3.05, 3.63) is 42.6 Å². The van der Waals surface area contributed by atoms with Gasteiger partial charge >= 0.3 is 0 Å². The molecular weight excluding hydrogens is 238 g/mol. The van der Waals surface area contributed by atoms with Gasteiger partial charge in [0.05, 0.1) is 11.4 Å². The molecule has 1 aromatic heterocycles. The molecule has 2 aromatic rings. The average Bonchev–Trinajstić information content (AvgIpc) is 2.29. The highest BCUT2D eigenvalue weighted by Gasteiger charge is 2.15. The lowest BCUT2D eigenvalue weighted by atomic mass is 10.1. The van der Waals surface area contributed by atoms with Crippen LogP contribution >= 0.6 is 0 Å². The normalized spacial score (nSPS) is 11.4. The Balaban J connectivity index is 2.67. The van der Waals surface area contributed by atoms with E-state index in [4.69, 9.17) is 10.9 Å². The number of nitrogen functional groups attached to an aromatic ring is 1. The Morgan fingerprint density at radius 1 is 1.06 bits per heavy atom. The molecule has 0 unspecified atom stereocenters. The molecule has 0 aliphatic carbocycles. The molecule has 1 heterocycles. The summed E-state index contributed by atoms with van der Waals surface area (Å²) < 4.78 is 22.6. The van der Waals surface area contributed by atoms with Crippen molar-refractivity contribution in [1.29, 1.82) is 0 Å². The van der Waals surface area contributed by atoms with E-state index in [1.54, 1.807) is 36.5 Å². The van der Waals surface area contributed by atoms with Crippen LogP contribution < -0.4 is 10.9 Å². The van der Waals surface area contributed by atoms with Crippen LogP contribution in [0.1, 0.15) is 0 Å². The lowest BCUT2D eigenvalue weighted by Gasteiger charge is -2.08. The number of nitrogens with zero attached hydrogens (tertiary/aromatic N) is 1. The van der Waals surface area contributed by atoms with Gasteiger partial charge in [-0.15, -0.1) is 0 Å². The van der Waals surface area contributed by atoms with Crippen LogP contribution in [0.25, 0.3) is 11.3 Å². The van der Waals surface area contributed by atoms with Gasteiger partial charge in [-0.05, 0) is 18.2 Å². The topological polar surface area (TPSA) is 99.1 Å². The minimum atomic E-state index is -3.82. The number of hydrogen-bond acceptors (Lipinski definition) is 4. The molecular formula is C11H11N3O2S. The molecule has 17 heavy (non-hydrogen) atoms. The van der Waals surface area contributed by atoms with Gasteiger partial charge in [0.1, 0.15) is 4.90 Å². The summed E-state index contributed by atoms with van der Waals surface area (Å²) in [5, 5.41) is 5.08. The van der Waals surface area contributed by atoms with E-state index < -0.39 is 10.0 Å². The van der Waals surface area contributed by atoms with Crippen molar-refractivity contribution in [3.8, 4) is 11.3 Å². The molecule has 0 saturated heterocycles. The molecule has 1 aromatic carbocycles. The fourth-order valence-corrected chi connectivity index (χ4v) is 2.22. The zero-order chi connectivity index (χ0) is 12.5. The fraction of sp³-hybridized carbons (Fsp3) is 0. The summed E-state index contributed by atoms with van der Waals surface area (Å²) in [7, 11) is -3.82. The van der Waals surface area contributed by atoms with E-state index in [-0.39, 0.29) is 10.6 Å². The van der Waals surface area contributed by atoms with E-state index in [0.29, 0.717) is 11.3 Å². The highest BCUT2D eigenvalue weighted by atomic mass is 32.2. The van der Waals surface area contributed by atoms with E-state index in [1.807, 2.05) is 0 Å². The van der Waals surface area contributed by atoms with Gasteiger partial charge in [0.15, 0.2) is 0 Å². The number of aromatic nitrogens is 1. The predicted octanol–water partition coefficient (Wildman–Crippen LogP) is 0.978. The molecule has 0 fully saturated rings. The largest absolute Gasteiger partial charge is 0.397 e. The zero-order valence-corrected chi connectivity index (χ0v) is 9.68. The number of primary sulfonamides is 1. The standard InChI is InChI=1S/C11H11N3O2S/c12-11-8(9-5-1-2-7-14-9)4-3-6-10(11)17(13,15)16/h1-7H,12H2,(H2,13,15,16). The first-order chi connectivity index (χ1) is 8.00. The number of hydrogen-bond donors (Lipinski definition) is 2. The van der Waals surface area contributed by atoms with E-state index in [1.165, 1.54) is 6.07 Å². The second-order valence-corrected chi connectivity index (χ2v) is 5.01. The monoisotopic (exact) mass is 249 g/mol. The van der Waals surface area contributed by atoms with E-state index in [0.717, 1.165) is 0 Å². The van der Waals surface area contributed by atoms with Crippen LogP contribution in [0.3, 0.4) is 0 Å². The van der Waals surface area contributed by atoms with Crippen LogP contribution in [0.15, 0.2) is 47.5 Å². The first-order valence-electron chi connectivity index (χ1n) is 4.83. The molecule has 0 amide bonds. The molecule has 4 N–H and O–H groups in total. The molecule has 0 aliphatic rings. The third-order valence-corrected chi connectivity index (χ3v) is 3.28. The maximum absolute atomic E-state index is 11.3. The number of pyridine rings is 1. The summed E-state index contributed by atoms with van der Waals surface area (Å²) in [6.07, 6.45) is 1.61. The Kier molecular flexibility index (Phi) is 2.83. The second kappa shape index (κ2) is 4.15. The van der Waals surface area contributed by atoms with Crippen molar-refractivity contribution < 1.29 is 8.42 Å². The predicted molar refractivity (Wildman–Crippen MR) is 65.5 cm³/mol. The van der Waals surface area contributed by atoms with Gasteiger partial charge in [-0.1, -0.05) is 18.2 Å². The van der Waals surface area contributed by atoms with E-state index in [9.17, 15) is 8.42 Å². The van der Waals surface area contributed by atoms with E-state index >= 15 is 0 Å². The second-order valence-electron chi connectivity index (χ2n) is 3.48. The van der Waals surface area contributed by atoms with E-state index in [2.05, 4.69) is 4.98 Å². The number of benzene rings is 1. The third-order valence-electron chi connectivity index (χ3n) is 2.31. The molecule has 0 aliphatic heterocycles. The summed E-state index contributed by atoms with van der Waals surface area (Å²) in [4.78, 5) is 4.03. The number of sulfonamides is 1. The Morgan fingerprint density at radius 2 is 1.82 bits per heavy atom. The van der Waals surface area contributed by atoms with Crippen LogP contribution in [0.2, 0.25) is 0 Å². The summed E-state index contributed by atoms with van der Waals surface area (Å²) in [5.41, 5.74) is 7.08. The molecule has 0 spiro atoms. The quantitative estimate of drug-likeness (QED) is 0.775. The number of rotatable bonds is 2. The molecule has 0 bridgehead atoms. The van der Waals surface area contributed by atoms with Crippen LogP contribution in [-0.2, 0) is 10.0 Å². The first-order valence-corrected chi connectivity index (χ1v) is 6.37. The van der Waals surface area contributed by atoms with Crippen LogP contribution in [0, 0.1) is 0 Å². The molecule has 88 valence electrons. The van der Waals surface area contributed by atoms with Crippen molar-refractivity contribution in [3.63, 3.8) is 0 Å². The Labute approximate surface area is 99.1 Å². The maximum Gasteiger partial charge on any atom is 0.240 e. The van der Waals surface area contributed by atoms with Gasteiger partial charge in [-0.3, -0.25) is 4.98 Å². The number of nitrogens with two attached hydrogens (primary N) is 2. The van der Waals surface area contributed by atoms with Crippen molar-refractivity contribution >= 4 is 15.7 Å². The Hall–Kier alpha value is -1.92.